The van der Waals surface area contributed by atoms with Crippen molar-refractivity contribution in [2.45, 2.75) is 25.4 Å². The zero-order chi connectivity index (χ0) is 22.5. The number of aryl methyl sites for hydroxylation is 2. The van der Waals surface area contributed by atoms with E-state index in [0.29, 0.717) is 20.8 Å². The Hall–Kier alpha value is -3.39. The number of nitrogens with one attached hydrogen (secondary N) is 1. The molecule has 9 heteroatoms. The van der Waals surface area contributed by atoms with Crippen LogP contribution < -0.4 is 5.32 Å². The number of rotatable bonds is 3. The molecule has 0 radical (unpaired) electrons. The first-order valence-electron chi connectivity index (χ1n) is 9.95. The van der Waals surface area contributed by atoms with Crippen molar-refractivity contribution in [3.05, 3.63) is 82.1 Å². The average molecular weight is 457 g/mol. The van der Waals surface area contributed by atoms with E-state index in [-0.39, 0.29) is 17.0 Å². The quantitative estimate of drug-likeness (QED) is 0.423. The minimum Gasteiger partial charge on any atom is -0.321 e. The van der Waals surface area contributed by atoms with Crippen LogP contribution in [0, 0.1) is 0 Å². The summed E-state index contributed by atoms with van der Waals surface area (Å²) in [5.41, 5.74) is 2.32. The number of hydrogen-bond acceptors (Lipinski definition) is 3. The van der Waals surface area contributed by atoms with E-state index in [1.807, 2.05) is 12.1 Å². The third kappa shape index (κ3) is 3.82. The lowest BCUT2D eigenvalue weighted by Gasteiger charge is -2.11. The van der Waals surface area contributed by atoms with Crippen molar-refractivity contribution >= 4 is 28.8 Å². The van der Waals surface area contributed by atoms with Crippen molar-refractivity contribution in [3.8, 4) is 11.3 Å². The fourth-order valence-electron chi connectivity index (χ4n) is 3.90. The lowest BCUT2D eigenvalue weighted by molar-refractivity contribution is -0.142. The zero-order valence-electron chi connectivity index (χ0n) is 16.6. The Bertz CT molecular complexity index is 1350. The number of carbonyl (C=O) groups is 1. The van der Waals surface area contributed by atoms with Crippen LogP contribution in [-0.2, 0) is 19.0 Å². The first-order chi connectivity index (χ1) is 15.3. The molecule has 0 aliphatic heterocycles. The molecule has 5 nitrogen and oxygen atoms in total. The number of benzene rings is 2. The number of hydrogen-bond donors (Lipinski definition) is 1. The molecule has 5 rings (SSSR count). The minimum absolute atomic E-state index is 0.0797. The summed E-state index contributed by atoms with van der Waals surface area (Å²) >= 11 is 5.87. The number of aromatic nitrogens is 3. The number of amides is 1. The monoisotopic (exact) mass is 456 g/mol. The molecule has 0 saturated heterocycles. The molecular formula is C23H16ClF3N4O. The Morgan fingerprint density at radius 1 is 1.00 bits per heavy atom. The van der Waals surface area contributed by atoms with E-state index in [9.17, 15) is 18.0 Å². The number of alkyl halides is 3. The maximum absolute atomic E-state index is 13.8. The van der Waals surface area contributed by atoms with Gasteiger partial charge in [0.25, 0.3) is 5.91 Å². The normalized spacial score (nSPS) is 13.4. The van der Waals surface area contributed by atoms with Crippen LogP contribution in [0.25, 0.3) is 16.9 Å². The molecule has 1 N–H and O–H groups in total. The first-order valence-corrected chi connectivity index (χ1v) is 10.3. The van der Waals surface area contributed by atoms with Crippen LogP contribution in [0.2, 0.25) is 5.02 Å². The minimum atomic E-state index is -4.69. The topological polar surface area (TPSA) is 59.3 Å². The molecule has 1 amide bonds. The number of fused-ring (bicyclic) bond motifs is 2. The van der Waals surface area contributed by atoms with Gasteiger partial charge in [-0.25, -0.2) is 9.50 Å². The fraction of sp³-hybridized carbons (Fsp3) is 0.174. The average Bonchev–Trinajstić information content (AvgIpc) is 3.39. The standard InChI is InChI=1S/C23H16ClF3N4O/c24-16-7-4-14(5-8-16)18-11-20(23(25,26)27)31-21(29-18)12-19(30-31)22(32)28-17-9-6-13-2-1-3-15(13)10-17/h4-12H,1-3H2,(H,28,32). The summed E-state index contributed by atoms with van der Waals surface area (Å²) < 4.78 is 41.9. The van der Waals surface area contributed by atoms with Gasteiger partial charge in [0, 0.05) is 22.3 Å². The van der Waals surface area contributed by atoms with Gasteiger partial charge in [-0.3, -0.25) is 4.79 Å². The van der Waals surface area contributed by atoms with Gasteiger partial charge in [-0.1, -0.05) is 29.8 Å². The second-order valence-corrected chi connectivity index (χ2v) is 8.06. The summed E-state index contributed by atoms with van der Waals surface area (Å²) in [5.74, 6) is -0.602. The number of anilines is 1. The van der Waals surface area contributed by atoms with Crippen molar-refractivity contribution < 1.29 is 18.0 Å². The van der Waals surface area contributed by atoms with Crippen molar-refractivity contribution in [1.82, 2.24) is 14.6 Å². The molecule has 0 bridgehead atoms. The molecule has 4 aromatic rings. The molecule has 162 valence electrons. The number of nitrogens with zero attached hydrogens (tertiary/aromatic N) is 3. The van der Waals surface area contributed by atoms with E-state index >= 15 is 0 Å². The van der Waals surface area contributed by atoms with Gasteiger partial charge in [-0.15, -0.1) is 0 Å². The molecule has 0 fully saturated rings. The Balaban J connectivity index is 1.53. The molecule has 2 aromatic carbocycles. The Kier molecular flexibility index (Phi) is 4.89. The van der Waals surface area contributed by atoms with Crippen LogP contribution in [0.4, 0.5) is 18.9 Å². The molecule has 0 atom stereocenters. The summed E-state index contributed by atoms with van der Waals surface area (Å²) in [5, 5.41) is 7.08. The van der Waals surface area contributed by atoms with Gasteiger partial charge < -0.3 is 5.32 Å². The highest BCUT2D eigenvalue weighted by Gasteiger charge is 2.35. The van der Waals surface area contributed by atoms with Gasteiger partial charge in [-0.05, 0) is 60.7 Å². The van der Waals surface area contributed by atoms with Crippen molar-refractivity contribution in [1.29, 1.82) is 0 Å². The second-order valence-electron chi connectivity index (χ2n) is 7.62. The SMILES string of the molecule is O=C(Nc1ccc2c(c1)CCC2)c1cc2nc(-c3ccc(Cl)cc3)cc(C(F)(F)F)n2n1. The highest BCUT2D eigenvalue weighted by Crippen LogP contribution is 2.33. The third-order valence-corrected chi connectivity index (χ3v) is 5.70. The highest BCUT2D eigenvalue weighted by molar-refractivity contribution is 6.30. The summed E-state index contributed by atoms with van der Waals surface area (Å²) in [4.78, 5) is 17.0. The summed E-state index contributed by atoms with van der Waals surface area (Å²) in [6, 6.07) is 14.1. The molecule has 1 aliphatic rings. The van der Waals surface area contributed by atoms with E-state index in [1.165, 1.54) is 17.2 Å². The fourth-order valence-corrected chi connectivity index (χ4v) is 4.03. The number of carbonyl (C=O) groups excluding carboxylic acids is 1. The van der Waals surface area contributed by atoms with Crippen LogP contribution in [0.1, 0.15) is 33.7 Å². The van der Waals surface area contributed by atoms with E-state index in [4.69, 9.17) is 11.6 Å². The van der Waals surface area contributed by atoms with E-state index in [1.54, 1.807) is 30.3 Å². The van der Waals surface area contributed by atoms with E-state index < -0.39 is 17.8 Å². The van der Waals surface area contributed by atoms with Gasteiger partial charge >= 0.3 is 6.18 Å². The van der Waals surface area contributed by atoms with Gasteiger partial charge in [0.15, 0.2) is 17.0 Å². The highest BCUT2D eigenvalue weighted by atomic mass is 35.5. The Morgan fingerprint density at radius 3 is 2.50 bits per heavy atom. The Morgan fingerprint density at radius 2 is 1.75 bits per heavy atom. The smallest absolute Gasteiger partial charge is 0.321 e. The van der Waals surface area contributed by atoms with Crippen molar-refractivity contribution in [2.24, 2.45) is 0 Å². The summed E-state index contributed by atoms with van der Waals surface area (Å²) in [6.45, 7) is 0. The predicted octanol–water partition coefficient (Wildman–Crippen LogP) is 5.81. The third-order valence-electron chi connectivity index (χ3n) is 5.45. The lowest BCUT2D eigenvalue weighted by atomic mass is 10.1. The molecule has 2 heterocycles. The van der Waals surface area contributed by atoms with Gasteiger partial charge in [0.1, 0.15) is 0 Å². The summed E-state index contributed by atoms with van der Waals surface area (Å²) in [6.07, 6.45) is -1.67. The summed E-state index contributed by atoms with van der Waals surface area (Å²) in [7, 11) is 0. The molecular weight excluding hydrogens is 441 g/mol. The molecule has 0 saturated carbocycles. The Labute approximate surface area is 185 Å². The maximum atomic E-state index is 13.8. The van der Waals surface area contributed by atoms with Crippen molar-refractivity contribution in [3.63, 3.8) is 0 Å². The first kappa shape index (κ1) is 20.5. The number of halogens is 4. The lowest BCUT2D eigenvalue weighted by Crippen LogP contribution is -2.15. The van der Waals surface area contributed by atoms with Crippen molar-refractivity contribution in [2.75, 3.05) is 5.32 Å². The molecule has 32 heavy (non-hydrogen) atoms. The molecule has 0 unspecified atom stereocenters. The maximum Gasteiger partial charge on any atom is 0.433 e. The van der Waals surface area contributed by atoms with Crippen LogP contribution in [0.5, 0.6) is 0 Å². The zero-order valence-corrected chi connectivity index (χ0v) is 17.3. The van der Waals surface area contributed by atoms with E-state index in [2.05, 4.69) is 15.4 Å². The van der Waals surface area contributed by atoms with Gasteiger partial charge in [-0.2, -0.15) is 18.3 Å². The molecule has 2 aromatic heterocycles. The largest absolute Gasteiger partial charge is 0.433 e. The van der Waals surface area contributed by atoms with Crippen LogP contribution in [0.15, 0.2) is 54.6 Å². The van der Waals surface area contributed by atoms with Gasteiger partial charge in [0.05, 0.1) is 5.69 Å². The van der Waals surface area contributed by atoms with Crippen LogP contribution in [0.3, 0.4) is 0 Å². The van der Waals surface area contributed by atoms with Crippen LogP contribution in [-0.4, -0.2) is 20.5 Å². The van der Waals surface area contributed by atoms with E-state index in [0.717, 1.165) is 25.3 Å². The second kappa shape index (κ2) is 7.63. The molecule has 1 aliphatic carbocycles. The van der Waals surface area contributed by atoms with Crippen LogP contribution >= 0.6 is 11.6 Å². The van der Waals surface area contributed by atoms with Gasteiger partial charge in [0.2, 0.25) is 0 Å². The molecule has 0 spiro atoms. The predicted molar refractivity (Wildman–Crippen MR) is 115 cm³/mol.